The van der Waals surface area contributed by atoms with Crippen LogP contribution in [0.3, 0.4) is 0 Å². The Balaban J connectivity index is 2.21. The van der Waals surface area contributed by atoms with Crippen molar-refractivity contribution in [2.75, 3.05) is 14.2 Å². The van der Waals surface area contributed by atoms with Gasteiger partial charge in [-0.15, -0.1) is 0 Å². The van der Waals surface area contributed by atoms with Crippen LogP contribution in [-0.4, -0.2) is 31.1 Å². The van der Waals surface area contributed by atoms with E-state index >= 15 is 0 Å². The van der Waals surface area contributed by atoms with Crippen LogP contribution in [0.4, 0.5) is 0 Å². The number of hydrogen-bond acceptors (Lipinski definition) is 6. The Morgan fingerprint density at radius 2 is 1.48 bits per heavy atom. The highest BCUT2D eigenvalue weighted by Gasteiger charge is 2.10. The Kier molecular flexibility index (Phi) is 5.85. The van der Waals surface area contributed by atoms with Crippen molar-refractivity contribution in [3.8, 4) is 0 Å². The van der Waals surface area contributed by atoms with Gasteiger partial charge in [0.05, 0.1) is 19.8 Å². The maximum absolute atomic E-state index is 11.4. The maximum Gasteiger partial charge on any atom is 0.337 e. The van der Waals surface area contributed by atoms with Crippen molar-refractivity contribution in [3.63, 3.8) is 0 Å². The van der Waals surface area contributed by atoms with Crippen LogP contribution < -0.4 is 0 Å². The molecule has 0 aliphatic carbocycles. The molecule has 0 saturated heterocycles. The van der Waals surface area contributed by atoms with Gasteiger partial charge >= 0.3 is 5.97 Å². The number of rotatable bonds is 6. The van der Waals surface area contributed by atoms with Gasteiger partial charge in [0.15, 0.2) is 0 Å². The molecule has 2 rings (SSSR count). The Bertz CT molecular complexity index is 677. The lowest BCUT2D eigenvalue weighted by atomic mass is 10.00. The standard InChI is InChI=1S/C17H17NO5/c1-21-17(19)15-9-7-14(8-10-15)16(18-20)13-5-3-12(4-6-13)11-23-22-2/h3-10,20H,11H2,1-2H3/b18-16-. The van der Waals surface area contributed by atoms with E-state index < -0.39 is 5.97 Å². The van der Waals surface area contributed by atoms with Crippen LogP contribution in [0.2, 0.25) is 0 Å². The van der Waals surface area contributed by atoms with Gasteiger partial charge in [-0.25, -0.2) is 14.6 Å². The van der Waals surface area contributed by atoms with Gasteiger partial charge in [0.1, 0.15) is 12.3 Å². The lowest BCUT2D eigenvalue weighted by molar-refractivity contribution is -0.282. The van der Waals surface area contributed by atoms with E-state index in [-0.39, 0.29) is 0 Å². The van der Waals surface area contributed by atoms with E-state index in [2.05, 4.69) is 14.8 Å². The fourth-order valence-electron chi connectivity index (χ4n) is 2.05. The van der Waals surface area contributed by atoms with Crippen molar-refractivity contribution >= 4 is 11.7 Å². The number of ether oxygens (including phenoxy) is 1. The van der Waals surface area contributed by atoms with Crippen LogP contribution in [-0.2, 0) is 21.1 Å². The second kappa shape index (κ2) is 8.07. The van der Waals surface area contributed by atoms with Crippen molar-refractivity contribution in [2.45, 2.75) is 6.61 Å². The average molecular weight is 315 g/mol. The normalized spacial score (nSPS) is 11.3. The van der Waals surface area contributed by atoms with Gasteiger partial charge in [-0.1, -0.05) is 41.6 Å². The molecule has 0 aliphatic rings. The third-order valence-corrected chi connectivity index (χ3v) is 3.25. The summed E-state index contributed by atoms with van der Waals surface area (Å²) in [5, 5.41) is 12.7. The SMILES string of the molecule is COOCc1ccc(/C(=N/O)c2ccc(C(=O)OC)cc2)cc1. The predicted molar refractivity (Wildman–Crippen MR) is 83.4 cm³/mol. The summed E-state index contributed by atoms with van der Waals surface area (Å²) < 4.78 is 4.65. The zero-order valence-corrected chi connectivity index (χ0v) is 12.9. The fraction of sp³-hybridized carbons (Fsp3) is 0.176. The lowest BCUT2D eigenvalue weighted by Gasteiger charge is -2.07. The Morgan fingerprint density at radius 1 is 0.957 bits per heavy atom. The molecular weight excluding hydrogens is 298 g/mol. The highest BCUT2D eigenvalue weighted by Crippen LogP contribution is 2.14. The highest BCUT2D eigenvalue weighted by atomic mass is 17.2. The second-order valence-electron chi connectivity index (χ2n) is 4.64. The predicted octanol–water partition coefficient (Wildman–Crippen LogP) is 2.78. The van der Waals surface area contributed by atoms with Crippen LogP contribution in [0.15, 0.2) is 53.7 Å². The molecule has 0 bridgehead atoms. The van der Waals surface area contributed by atoms with Gasteiger partial charge in [-0.2, -0.15) is 0 Å². The molecular formula is C17H17NO5. The van der Waals surface area contributed by atoms with Crippen LogP contribution >= 0.6 is 0 Å². The van der Waals surface area contributed by atoms with Gasteiger partial charge in [0.2, 0.25) is 0 Å². The topological polar surface area (TPSA) is 77.4 Å². The molecule has 0 fully saturated rings. The van der Waals surface area contributed by atoms with Gasteiger partial charge in [-0.3, -0.25) is 0 Å². The fourth-order valence-corrected chi connectivity index (χ4v) is 2.05. The first-order valence-corrected chi connectivity index (χ1v) is 6.85. The monoisotopic (exact) mass is 315 g/mol. The summed E-state index contributed by atoms with van der Waals surface area (Å²) in [4.78, 5) is 20.8. The van der Waals surface area contributed by atoms with Gasteiger partial charge in [0.25, 0.3) is 0 Å². The molecule has 0 atom stereocenters. The molecule has 1 N–H and O–H groups in total. The smallest absolute Gasteiger partial charge is 0.337 e. The minimum absolute atomic E-state index is 0.330. The van der Waals surface area contributed by atoms with E-state index in [4.69, 9.17) is 4.89 Å². The summed E-state index contributed by atoms with van der Waals surface area (Å²) in [6.07, 6.45) is 0. The largest absolute Gasteiger partial charge is 0.465 e. The number of nitrogens with zero attached hydrogens (tertiary/aromatic N) is 1. The molecule has 6 heteroatoms. The first-order valence-electron chi connectivity index (χ1n) is 6.85. The molecule has 6 nitrogen and oxygen atoms in total. The van der Waals surface area contributed by atoms with Crippen LogP contribution in [0, 0.1) is 0 Å². The van der Waals surface area contributed by atoms with Gasteiger partial charge in [-0.05, 0) is 17.7 Å². The number of oxime groups is 1. The minimum Gasteiger partial charge on any atom is -0.465 e. The molecule has 0 unspecified atom stereocenters. The summed E-state index contributed by atoms with van der Waals surface area (Å²) in [5.74, 6) is -0.415. The quantitative estimate of drug-likeness (QED) is 0.292. The molecule has 0 aliphatic heterocycles. The molecule has 0 radical (unpaired) electrons. The van der Waals surface area contributed by atoms with E-state index in [0.29, 0.717) is 23.4 Å². The van der Waals surface area contributed by atoms with E-state index in [1.165, 1.54) is 14.2 Å². The first-order chi connectivity index (χ1) is 11.2. The van der Waals surface area contributed by atoms with Gasteiger partial charge < -0.3 is 9.94 Å². The summed E-state index contributed by atoms with van der Waals surface area (Å²) in [6.45, 7) is 0.330. The van der Waals surface area contributed by atoms with Crippen molar-refractivity contribution in [3.05, 3.63) is 70.8 Å². The third kappa shape index (κ3) is 4.15. The maximum atomic E-state index is 11.4. The van der Waals surface area contributed by atoms with Gasteiger partial charge in [0, 0.05) is 11.1 Å². The third-order valence-electron chi connectivity index (χ3n) is 3.25. The zero-order chi connectivity index (χ0) is 16.7. The van der Waals surface area contributed by atoms with E-state index in [0.717, 1.165) is 11.1 Å². The highest BCUT2D eigenvalue weighted by molar-refractivity contribution is 6.12. The molecule has 120 valence electrons. The first kappa shape index (κ1) is 16.7. The molecule has 23 heavy (non-hydrogen) atoms. The lowest BCUT2D eigenvalue weighted by Crippen LogP contribution is -2.06. The average Bonchev–Trinajstić information content (AvgIpc) is 2.61. The van der Waals surface area contributed by atoms with Crippen molar-refractivity contribution in [1.82, 2.24) is 0 Å². The van der Waals surface area contributed by atoms with Crippen LogP contribution in [0.5, 0.6) is 0 Å². The molecule has 2 aromatic carbocycles. The van der Waals surface area contributed by atoms with Crippen molar-refractivity contribution in [1.29, 1.82) is 0 Å². The second-order valence-corrected chi connectivity index (χ2v) is 4.64. The summed E-state index contributed by atoms with van der Waals surface area (Å²) in [6, 6.07) is 14.0. The molecule has 0 saturated carbocycles. The number of benzene rings is 2. The summed E-state index contributed by atoms with van der Waals surface area (Å²) >= 11 is 0. The molecule has 0 heterocycles. The molecule has 2 aromatic rings. The Labute approximate surface area is 133 Å². The van der Waals surface area contributed by atoms with Crippen LogP contribution in [0.25, 0.3) is 0 Å². The number of methoxy groups -OCH3 is 1. The molecule has 0 amide bonds. The zero-order valence-electron chi connectivity index (χ0n) is 12.9. The minimum atomic E-state index is -0.415. The summed E-state index contributed by atoms with van der Waals surface area (Å²) in [5.41, 5.74) is 3.18. The number of carbonyl (C=O) groups is 1. The number of hydrogen-bond donors (Lipinski definition) is 1. The molecule has 0 aromatic heterocycles. The number of carbonyl (C=O) groups excluding carboxylic acids is 1. The number of esters is 1. The van der Waals surface area contributed by atoms with E-state index in [9.17, 15) is 10.0 Å². The summed E-state index contributed by atoms with van der Waals surface area (Å²) in [7, 11) is 2.77. The Morgan fingerprint density at radius 3 is 1.96 bits per heavy atom. The Hall–Kier alpha value is -2.70. The van der Waals surface area contributed by atoms with E-state index in [1.807, 2.05) is 24.3 Å². The van der Waals surface area contributed by atoms with Crippen LogP contribution in [0.1, 0.15) is 27.0 Å². The molecule has 0 spiro atoms. The van der Waals surface area contributed by atoms with Crippen molar-refractivity contribution < 1.29 is 24.5 Å². The van der Waals surface area contributed by atoms with Crippen molar-refractivity contribution in [2.24, 2.45) is 5.16 Å². The van der Waals surface area contributed by atoms with E-state index in [1.54, 1.807) is 24.3 Å².